The van der Waals surface area contributed by atoms with Gasteiger partial charge < -0.3 is 20.1 Å². The van der Waals surface area contributed by atoms with E-state index in [0.717, 1.165) is 25.7 Å². The predicted octanol–water partition coefficient (Wildman–Crippen LogP) is 2.15. The van der Waals surface area contributed by atoms with Crippen LogP contribution in [-0.2, 0) is 4.79 Å². The fourth-order valence-electron chi connectivity index (χ4n) is 3.04. The van der Waals surface area contributed by atoms with Crippen molar-refractivity contribution in [3.8, 4) is 11.5 Å². The third kappa shape index (κ3) is 3.93. The molecule has 0 bridgehead atoms. The number of ether oxygens (including phenoxy) is 2. The van der Waals surface area contributed by atoms with E-state index in [0.29, 0.717) is 48.4 Å². The number of carbonyl (C=O) groups is 2. The van der Waals surface area contributed by atoms with Gasteiger partial charge in [0.25, 0.3) is 5.91 Å². The topological polar surface area (TPSA) is 76.7 Å². The van der Waals surface area contributed by atoms with Gasteiger partial charge in [-0.15, -0.1) is 0 Å². The molecular formula is C17H21ClN2O4. The van der Waals surface area contributed by atoms with Crippen LogP contribution in [0.5, 0.6) is 11.5 Å². The zero-order valence-electron chi connectivity index (χ0n) is 13.4. The second-order valence-electron chi connectivity index (χ2n) is 6.01. The van der Waals surface area contributed by atoms with E-state index < -0.39 is 0 Å². The summed E-state index contributed by atoms with van der Waals surface area (Å²) >= 11 is 6.12. The fourth-order valence-corrected chi connectivity index (χ4v) is 3.30. The third-order valence-corrected chi connectivity index (χ3v) is 4.58. The van der Waals surface area contributed by atoms with Crippen LogP contribution in [0.15, 0.2) is 12.1 Å². The van der Waals surface area contributed by atoms with E-state index in [2.05, 4.69) is 10.6 Å². The molecule has 6 nitrogen and oxygen atoms in total. The van der Waals surface area contributed by atoms with Crippen LogP contribution in [0, 0.1) is 5.92 Å². The molecule has 2 N–H and O–H groups in total. The van der Waals surface area contributed by atoms with E-state index in [1.165, 1.54) is 0 Å². The van der Waals surface area contributed by atoms with E-state index in [9.17, 15) is 9.59 Å². The van der Waals surface area contributed by atoms with Crippen molar-refractivity contribution in [2.75, 3.05) is 26.3 Å². The summed E-state index contributed by atoms with van der Waals surface area (Å²) in [5, 5.41) is 5.99. The Morgan fingerprint density at radius 3 is 2.58 bits per heavy atom. The van der Waals surface area contributed by atoms with Crippen molar-refractivity contribution in [2.45, 2.75) is 25.7 Å². The summed E-state index contributed by atoms with van der Waals surface area (Å²) in [6.07, 6.45) is 4.18. The SMILES string of the molecule is O=C(NCCNC(=O)C1CCCC1)c1cc(Cl)c2c(c1)OCCO2. The molecule has 0 radical (unpaired) electrons. The van der Waals surface area contributed by atoms with E-state index in [1.54, 1.807) is 12.1 Å². The van der Waals surface area contributed by atoms with Crippen molar-refractivity contribution in [1.82, 2.24) is 10.6 Å². The number of nitrogens with one attached hydrogen (secondary N) is 2. The molecule has 1 aliphatic carbocycles. The van der Waals surface area contributed by atoms with Gasteiger partial charge in [-0.1, -0.05) is 24.4 Å². The molecule has 3 rings (SSSR count). The molecule has 1 fully saturated rings. The van der Waals surface area contributed by atoms with E-state index in [-0.39, 0.29) is 17.7 Å². The summed E-state index contributed by atoms with van der Waals surface area (Å²) in [7, 11) is 0. The van der Waals surface area contributed by atoms with Gasteiger partial charge in [-0.3, -0.25) is 9.59 Å². The Bertz CT molecular complexity index is 629. The highest BCUT2D eigenvalue weighted by Gasteiger charge is 2.22. The lowest BCUT2D eigenvalue weighted by Gasteiger charge is -2.20. The van der Waals surface area contributed by atoms with Gasteiger partial charge in [0, 0.05) is 24.6 Å². The molecule has 2 aliphatic rings. The Morgan fingerprint density at radius 1 is 1.08 bits per heavy atom. The number of rotatable bonds is 5. The quantitative estimate of drug-likeness (QED) is 0.796. The predicted molar refractivity (Wildman–Crippen MR) is 89.7 cm³/mol. The number of carbonyl (C=O) groups excluding carboxylic acids is 2. The Morgan fingerprint density at radius 2 is 1.79 bits per heavy atom. The molecule has 0 spiro atoms. The second-order valence-corrected chi connectivity index (χ2v) is 6.42. The number of amides is 2. The third-order valence-electron chi connectivity index (χ3n) is 4.29. The fraction of sp³-hybridized carbons (Fsp3) is 0.529. The maximum atomic E-state index is 12.2. The van der Waals surface area contributed by atoms with Crippen molar-refractivity contribution in [3.05, 3.63) is 22.7 Å². The average Bonchev–Trinajstić information content (AvgIpc) is 3.13. The zero-order valence-corrected chi connectivity index (χ0v) is 14.2. The first-order chi connectivity index (χ1) is 11.6. The van der Waals surface area contributed by atoms with Crippen LogP contribution in [-0.4, -0.2) is 38.1 Å². The Balaban J connectivity index is 1.48. The zero-order chi connectivity index (χ0) is 16.9. The minimum Gasteiger partial charge on any atom is -0.486 e. The van der Waals surface area contributed by atoms with Gasteiger partial charge in [-0.2, -0.15) is 0 Å². The highest BCUT2D eigenvalue weighted by molar-refractivity contribution is 6.32. The molecule has 7 heteroatoms. The first kappa shape index (κ1) is 16.9. The summed E-state index contributed by atoms with van der Waals surface area (Å²) in [6.45, 7) is 1.66. The molecule has 0 unspecified atom stereocenters. The van der Waals surface area contributed by atoms with Crippen LogP contribution < -0.4 is 20.1 Å². The highest BCUT2D eigenvalue weighted by atomic mass is 35.5. The lowest BCUT2D eigenvalue weighted by Crippen LogP contribution is -2.37. The van der Waals surface area contributed by atoms with Gasteiger partial charge in [-0.05, 0) is 25.0 Å². The molecule has 1 aromatic rings. The van der Waals surface area contributed by atoms with Crippen LogP contribution >= 0.6 is 11.6 Å². The average molecular weight is 353 g/mol. The number of fused-ring (bicyclic) bond motifs is 1. The van der Waals surface area contributed by atoms with Gasteiger partial charge in [0.05, 0.1) is 5.02 Å². The smallest absolute Gasteiger partial charge is 0.251 e. The first-order valence-electron chi connectivity index (χ1n) is 8.30. The molecule has 130 valence electrons. The summed E-state index contributed by atoms with van der Waals surface area (Å²) in [6, 6.07) is 3.17. The molecule has 1 aliphatic heterocycles. The molecule has 1 saturated carbocycles. The Kier molecular flexibility index (Phi) is 5.45. The number of halogens is 1. The van der Waals surface area contributed by atoms with Crippen molar-refractivity contribution in [1.29, 1.82) is 0 Å². The molecule has 0 saturated heterocycles. The molecule has 24 heavy (non-hydrogen) atoms. The van der Waals surface area contributed by atoms with Crippen molar-refractivity contribution in [3.63, 3.8) is 0 Å². The van der Waals surface area contributed by atoms with Gasteiger partial charge in [0.1, 0.15) is 13.2 Å². The summed E-state index contributed by atoms with van der Waals surface area (Å²) < 4.78 is 10.9. The van der Waals surface area contributed by atoms with Gasteiger partial charge in [0.2, 0.25) is 5.91 Å². The lowest BCUT2D eigenvalue weighted by atomic mass is 10.1. The van der Waals surface area contributed by atoms with Gasteiger partial charge >= 0.3 is 0 Å². The number of hydrogen-bond donors (Lipinski definition) is 2. The van der Waals surface area contributed by atoms with Gasteiger partial charge in [-0.25, -0.2) is 0 Å². The van der Waals surface area contributed by atoms with Crippen LogP contribution in [0.1, 0.15) is 36.0 Å². The highest BCUT2D eigenvalue weighted by Crippen LogP contribution is 2.38. The normalized spacial score (nSPS) is 16.7. The minimum absolute atomic E-state index is 0.0872. The first-order valence-corrected chi connectivity index (χ1v) is 8.68. The van der Waals surface area contributed by atoms with Crippen LogP contribution in [0.4, 0.5) is 0 Å². The second kappa shape index (κ2) is 7.75. The molecule has 0 aromatic heterocycles. The lowest BCUT2D eigenvalue weighted by molar-refractivity contribution is -0.124. The molecule has 2 amide bonds. The van der Waals surface area contributed by atoms with Gasteiger partial charge in [0.15, 0.2) is 11.5 Å². The monoisotopic (exact) mass is 352 g/mol. The largest absolute Gasteiger partial charge is 0.486 e. The Labute approximate surface area is 145 Å². The maximum Gasteiger partial charge on any atom is 0.251 e. The van der Waals surface area contributed by atoms with E-state index >= 15 is 0 Å². The van der Waals surface area contributed by atoms with Crippen molar-refractivity contribution in [2.24, 2.45) is 5.92 Å². The van der Waals surface area contributed by atoms with Crippen molar-refractivity contribution < 1.29 is 19.1 Å². The Hall–Kier alpha value is -1.95. The number of benzene rings is 1. The van der Waals surface area contributed by atoms with Crippen LogP contribution in [0.3, 0.4) is 0 Å². The summed E-state index contributed by atoms with van der Waals surface area (Å²) in [5.41, 5.74) is 0.409. The molecule has 1 heterocycles. The molecular weight excluding hydrogens is 332 g/mol. The van der Waals surface area contributed by atoms with Crippen LogP contribution in [0.25, 0.3) is 0 Å². The summed E-state index contributed by atoms with van der Waals surface area (Å²) in [4.78, 5) is 24.1. The van der Waals surface area contributed by atoms with Crippen molar-refractivity contribution >= 4 is 23.4 Å². The maximum absolute atomic E-state index is 12.2. The van der Waals surface area contributed by atoms with E-state index in [1.807, 2.05) is 0 Å². The summed E-state index contributed by atoms with van der Waals surface area (Å²) in [5.74, 6) is 0.919. The minimum atomic E-state index is -0.260. The standard InChI is InChI=1S/C17H21ClN2O4/c18-13-9-12(10-14-15(13)24-8-7-23-14)17(22)20-6-5-19-16(21)11-3-1-2-4-11/h9-11H,1-8H2,(H,19,21)(H,20,22). The molecule has 0 atom stereocenters. The molecule has 1 aromatic carbocycles. The van der Waals surface area contributed by atoms with E-state index in [4.69, 9.17) is 21.1 Å². The van der Waals surface area contributed by atoms with Crippen LogP contribution in [0.2, 0.25) is 5.02 Å². The number of hydrogen-bond acceptors (Lipinski definition) is 4.